The minimum absolute atomic E-state index is 0.180. The van der Waals surface area contributed by atoms with E-state index >= 15 is 0 Å². The van der Waals surface area contributed by atoms with Crippen molar-refractivity contribution in [1.82, 2.24) is 5.32 Å². The summed E-state index contributed by atoms with van der Waals surface area (Å²) in [6.07, 6.45) is 0.868. The van der Waals surface area contributed by atoms with Gasteiger partial charge >= 0.3 is 0 Å². The fourth-order valence-electron chi connectivity index (χ4n) is 2.07. The van der Waals surface area contributed by atoms with Gasteiger partial charge in [-0.05, 0) is 11.6 Å². The summed E-state index contributed by atoms with van der Waals surface area (Å²) in [7, 11) is 1.69. The normalized spacial score (nSPS) is 23.5. The Labute approximate surface area is 111 Å². The van der Waals surface area contributed by atoms with Gasteiger partial charge in [-0.2, -0.15) is 0 Å². The first-order valence-corrected chi connectivity index (χ1v) is 6.31. The zero-order valence-electron chi connectivity index (χ0n) is 10.3. The molecule has 0 amide bonds. The summed E-state index contributed by atoms with van der Waals surface area (Å²) in [6.45, 7) is 2.49. The van der Waals surface area contributed by atoms with Crippen LogP contribution in [0.25, 0.3) is 0 Å². The molecule has 0 aromatic heterocycles. The van der Waals surface area contributed by atoms with Crippen LogP contribution in [0.15, 0.2) is 18.2 Å². The SMILES string of the molecule is COC1(CNCc2cccc(F)c2Cl)CCOC1. The highest BCUT2D eigenvalue weighted by Crippen LogP contribution is 2.23. The molecule has 5 heteroatoms. The Morgan fingerprint density at radius 3 is 3.06 bits per heavy atom. The van der Waals surface area contributed by atoms with Crippen LogP contribution in [0.5, 0.6) is 0 Å². The van der Waals surface area contributed by atoms with Gasteiger partial charge in [0.05, 0.1) is 11.6 Å². The molecule has 2 rings (SSSR count). The fourth-order valence-corrected chi connectivity index (χ4v) is 2.26. The van der Waals surface area contributed by atoms with Crippen LogP contribution in [0, 0.1) is 5.82 Å². The lowest BCUT2D eigenvalue weighted by molar-refractivity contribution is -0.0159. The van der Waals surface area contributed by atoms with Crippen LogP contribution < -0.4 is 5.32 Å². The number of hydrogen-bond donors (Lipinski definition) is 1. The number of halogens is 2. The van der Waals surface area contributed by atoms with Crippen LogP contribution in [0.1, 0.15) is 12.0 Å². The summed E-state index contributed by atoms with van der Waals surface area (Å²) in [5, 5.41) is 3.43. The van der Waals surface area contributed by atoms with E-state index in [2.05, 4.69) is 5.32 Å². The average molecular weight is 274 g/mol. The Morgan fingerprint density at radius 1 is 1.56 bits per heavy atom. The smallest absolute Gasteiger partial charge is 0.142 e. The van der Waals surface area contributed by atoms with Crippen molar-refractivity contribution < 1.29 is 13.9 Å². The standard InChI is InChI=1S/C13H17ClFNO2/c1-17-13(5-6-18-9-13)8-16-7-10-3-2-4-11(15)12(10)14/h2-4,16H,5-9H2,1H3. The molecule has 18 heavy (non-hydrogen) atoms. The maximum Gasteiger partial charge on any atom is 0.142 e. The zero-order chi connectivity index (χ0) is 13.0. The van der Waals surface area contributed by atoms with Gasteiger partial charge in [0.15, 0.2) is 0 Å². The minimum atomic E-state index is -0.387. The lowest BCUT2D eigenvalue weighted by Crippen LogP contribution is -2.42. The van der Waals surface area contributed by atoms with Crippen LogP contribution in [0.2, 0.25) is 5.02 Å². The molecule has 1 aromatic rings. The topological polar surface area (TPSA) is 30.5 Å². The van der Waals surface area contributed by atoms with Crippen LogP contribution in [0.3, 0.4) is 0 Å². The third kappa shape index (κ3) is 3.01. The molecule has 1 N–H and O–H groups in total. The maximum absolute atomic E-state index is 13.2. The van der Waals surface area contributed by atoms with Crippen molar-refractivity contribution in [3.8, 4) is 0 Å². The van der Waals surface area contributed by atoms with Gasteiger partial charge in [0, 0.05) is 33.2 Å². The van der Waals surface area contributed by atoms with E-state index in [0.29, 0.717) is 19.7 Å². The van der Waals surface area contributed by atoms with E-state index < -0.39 is 0 Å². The first-order valence-electron chi connectivity index (χ1n) is 5.93. The molecule has 0 bridgehead atoms. The highest BCUT2D eigenvalue weighted by molar-refractivity contribution is 6.31. The van der Waals surface area contributed by atoms with Crippen LogP contribution in [-0.4, -0.2) is 32.5 Å². The monoisotopic (exact) mass is 273 g/mol. The second-order valence-electron chi connectivity index (χ2n) is 4.51. The Bertz CT molecular complexity index is 408. The van der Waals surface area contributed by atoms with Crippen molar-refractivity contribution in [3.63, 3.8) is 0 Å². The van der Waals surface area contributed by atoms with E-state index in [1.54, 1.807) is 13.2 Å². The molecule has 1 aliphatic rings. The molecule has 0 spiro atoms. The van der Waals surface area contributed by atoms with Crippen molar-refractivity contribution in [2.45, 2.75) is 18.6 Å². The van der Waals surface area contributed by atoms with E-state index in [9.17, 15) is 4.39 Å². The summed E-state index contributed by atoms with van der Waals surface area (Å²) >= 11 is 5.89. The number of nitrogens with one attached hydrogen (secondary N) is 1. The third-order valence-corrected chi connectivity index (χ3v) is 3.72. The van der Waals surface area contributed by atoms with Gasteiger partial charge in [-0.1, -0.05) is 23.7 Å². The van der Waals surface area contributed by atoms with Gasteiger partial charge in [-0.15, -0.1) is 0 Å². The fraction of sp³-hybridized carbons (Fsp3) is 0.538. The molecule has 0 radical (unpaired) electrons. The van der Waals surface area contributed by atoms with Crippen LogP contribution >= 0.6 is 11.6 Å². The maximum atomic E-state index is 13.2. The first kappa shape index (κ1) is 13.7. The largest absolute Gasteiger partial charge is 0.378 e. The summed E-state index contributed by atoms with van der Waals surface area (Å²) in [5.41, 5.74) is 0.488. The van der Waals surface area contributed by atoms with Crippen molar-refractivity contribution in [2.24, 2.45) is 0 Å². The molecule has 1 fully saturated rings. The van der Waals surface area contributed by atoms with E-state index in [-0.39, 0.29) is 16.4 Å². The lowest BCUT2D eigenvalue weighted by atomic mass is 10.0. The second-order valence-corrected chi connectivity index (χ2v) is 4.88. The molecule has 3 nitrogen and oxygen atoms in total. The highest BCUT2D eigenvalue weighted by Gasteiger charge is 2.34. The lowest BCUT2D eigenvalue weighted by Gasteiger charge is -2.26. The molecule has 1 heterocycles. The average Bonchev–Trinajstić information content (AvgIpc) is 2.84. The number of ether oxygens (including phenoxy) is 2. The van der Waals surface area contributed by atoms with Crippen molar-refractivity contribution in [2.75, 3.05) is 26.9 Å². The molecule has 0 saturated carbocycles. The van der Waals surface area contributed by atoms with Gasteiger partial charge in [-0.25, -0.2) is 4.39 Å². The summed E-state index contributed by atoms with van der Waals surface area (Å²) in [5.74, 6) is -0.387. The van der Waals surface area contributed by atoms with Crippen molar-refractivity contribution in [3.05, 3.63) is 34.6 Å². The van der Waals surface area contributed by atoms with Gasteiger partial charge in [0.1, 0.15) is 11.4 Å². The Hall–Kier alpha value is -0.680. The molecule has 1 saturated heterocycles. The molecule has 1 unspecified atom stereocenters. The first-order chi connectivity index (χ1) is 8.67. The number of benzene rings is 1. The summed E-state index contributed by atoms with van der Waals surface area (Å²) in [6, 6.07) is 4.82. The van der Waals surface area contributed by atoms with Crippen molar-refractivity contribution >= 4 is 11.6 Å². The Kier molecular flexibility index (Phi) is 4.56. The summed E-state index contributed by atoms with van der Waals surface area (Å²) in [4.78, 5) is 0. The van der Waals surface area contributed by atoms with Gasteiger partial charge in [-0.3, -0.25) is 0 Å². The van der Waals surface area contributed by atoms with Crippen molar-refractivity contribution in [1.29, 1.82) is 0 Å². The number of methoxy groups -OCH3 is 1. The molecule has 1 aliphatic heterocycles. The Balaban J connectivity index is 1.90. The minimum Gasteiger partial charge on any atom is -0.378 e. The van der Waals surface area contributed by atoms with Crippen LogP contribution in [0.4, 0.5) is 4.39 Å². The van der Waals surface area contributed by atoms with Gasteiger partial charge in [0.25, 0.3) is 0 Å². The molecular formula is C13H17ClFNO2. The molecule has 1 aromatic carbocycles. The van der Waals surface area contributed by atoms with E-state index in [0.717, 1.165) is 18.6 Å². The van der Waals surface area contributed by atoms with Gasteiger partial charge in [0.2, 0.25) is 0 Å². The van der Waals surface area contributed by atoms with Crippen LogP contribution in [-0.2, 0) is 16.0 Å². The Morgan fingerprint density at radius 2 is 2.39 bits per heavy atom. The third-order valence-electron chi connectivity index (χ3n) is 3.29. The van der Waals surface area contributed by atoms with E-state index in [1.807, 2.05) is 6.07 Å². The van der Waals surface area contributed by atoms with Gasteiger partial charge < -0.3 is 14.8 Å². The zero-order valence-corrected chi connectivity index (χ0v) is 11.1. The number of hydrogen-bond acceptors (Lipinski definition) is 3. The predicted octanol–water partition coefficient (Wildman–Crippen LogP) is 2.37. The molecule has 0 aliphatic carbocycles. The summed E-state index contributed by atoms with van der Waals surface area (Å²) < 4.78 is 24.1. The second kappa shape index (κ2) is 5.97. The van der Waals surface area contributed by atoms with E-state index in [4.69, 9.17) is 21.1 Å². The highest BCUT2D eigenvalue weighted by atomic mass is 35.5. The molecular weight excluding hydrogens is 257 g/mol. The quantitative estimate of drug-likeness (QED) is 0.893. The molecule has 100 valence electrons. The van der Waals surface area contributed by atoms with E-state index in [1.165, 1.54) is 6.07 Å². The predicted molar refractivity (Wildman–Crippen MR) is 68.3 cm³/mol. The number of rotatable bonds is 5. The molecule has 1 atom stereocenters.